The molecule has 6 heteroatoms. The predicted molar refractivity (Wildman–Crippen MR) is 112 cm³/mol. The van der Waals surface area contributed by atoms with Crippen LogP contribution in [0.1, 0.15) is 23.1 Å². The second-order valence-electron chi connectivity index (χ2n) is 6.72. The molecule has 0 spiro atoms. The third kappa shape index (κ3) is 5.75. The number of nitrogens with zero attached hydrogens (tertiary/aromatic N) is 2. The molecule has 148 valence electrons. The summed E-state index contributed by atoms with van der Waals surface area (Å²) in [5.74, 6) is 1.23. The third-order valence-corrected chi connectivity index (χ3v) is 4.69. The van der Waals surface area contributed by atoms with E-state index in [1.165, 1.54) is 5.56 Å². The van der Waals surface area contributed by atoms with Crippen molar-refractivity contribution >= 4 is 11.6 Å². The molecule has 1 heterocycles. The van der Waals surface area contributed by atoms with Gasteiger partial charge in [0.2, 0.25) is 0 Å². The van der Waals surface area contributed by atoms with E-state index in [2.05, 4.69) is 33.9 Å². The highest BCUT2D eigenvalue weighted by atomic mass is 35.5. The monoisotopic (exact) mass is 399 g/mol. The summed E-state index contributed by atoms with van der Waals surface area (Å²) in [6.45, 7) is 5.09. The van der Waals surface area contributed by atoms with Crippen molar-refractivity contribution in [2.45, 2.75) is 33.0 Å². The lowest BCUT2D eigenvalue weighted by molar-refractivity contribution is 0.284. The maximum Gasteiger partial charge on any atom is 0.180 e. The van der Waals surface area contributed by atoms with E-state index in [-0.39, 0.29) is 0 Å². The molecule has 0 radical (unpaired) electrons. The standard InChI is InChI=1S/C22H26ClN3O2/c1-17-5-3-6-18(11-17)15-28-22-20(23)12-19(13-21(22)27-2)14-24-7-4-9-26-10-8-25-16-26/h3,5-6,8,10-13,16,24H,4,7,9,14-15H2,1-2H3. The number of benzene rings is 2. The summed E-state index contributed by atoms with van der Waals surface area (Å²) in [4.78, 5) is 4.05. The molecule has 1 N–H and O–H groups in total. The number of methoxy groups -OCH3 is 1. The van der Waals surface area contributed by atoms with Crippen LogP contribution in [-0.4, -0.2) is 23.2 Å². The Bertz CT molecular complexity index is 881. The van der Waals surface area contributed by atoms with Crippen LogP contribution in [0.15, 0.2) is 55.1 Å². The van der Waals surface area contributed by atoms with Gasteiger partial charge in [-0.15, -0.1) is 0 Å². The predicted octanol–water partition coefficient (Wildman–Crippen LogP) is 4.61. The quantitative estimate of drug-likeness (QED) is 0.505. The molecule has 0 aliphatic carbocycles. The van der Waals surface area contributed by atoms with Gasteiger partial charge >= 0.3 is 0 Å². The van der Waals surface area contributed by atoms with Crippen molar-refractivity contribution in [3.05, 3.63) is 76.8 Å². The summed E-state index contributed by atoms with van der Waals surface area (Å²) in [6.07, 6.45) is 6.63. The Kier molecular flexibility index (Phi) is 7.34. The van der Waals surface area contributed by atoms with Crippen LogP contribution in [-0.2, 0) is 19.7 Å². The Balaban J connectivity index is 1.54. The molecule has 0 saturated heterocycles. The van der Waals surface area contributed by atoms with Gasteiger partial charge in [0, 0.05) is 25.5 Å². The van der Waals surface area contributed by atoms with Gasteiger partial charge in [0.25, 0.3) is 0 Å². The van der Waals surface area contributed by atoms with Crippen molar-refractivity contribution in [2.75, 3.05) is 13.7 Å². The first-order valence-electron chi connectivity index (χ1n) is 9.37. The van der Waals surface area contributed by atoms with Crippen LogP contribution in [0.4, 0.5) is 0 Å². The number of aromatic nitrogens is 2. The van der Waals surface area contributed by atoms with Gasteiger partial charge in [0.15, 0.2) is 11.5 Å². The molecular formula is C22H26ClN3O2. The number of hydrogen-bond acceptors (Lipinski definition) is 4. The molecule has 0 amide bonds. The number of hydrogen-bond donors (Lipinski definition) is 1. The normalized spacial score (nSPS) is 10.8. The molecule has 2 aromatic carbocycles. The SMILES string of the molecule is COc1cc(CNCCCn2ccnc2)cc(Cl)c1OCc1cccc(C)c1. The molecule has 0 unspecified atom stereocenters. The molecule has 0 bridgehead atoms. The van der Waals surface area contributed by atoms with Gasteiger partial charge in [-0.3, -0.25) is 0 Å². The molecule has 0 atom stereocenters. The first-order valence-corrected chi connectivity index (χ1v) is 9.74. The first kappa shape index (κ1) is 20.2. The van der Waals surface area contributed by atoms with E-state index >= 15 is 0 Å². The lowest BCUT2D eigenvalue weighted by Gasteiger charge is -2.15. The zero-order chi connectivity index (χ0) is 19.8. The lowest BCUT2D eigenvalue weighted by Crippen LogP contribution is -2.16. The molecule has 1 aromatic heterocycles. The smallest absolute Gasteiger partial charge is 0.180 e. The van der Waals surface area contributed by atoms with Crippen molar-refractivity contribution in [1.82, 2.24) is 14.9 Å². The zero-order valence-corrected chi connectivity index (χ0v) is 17.1. The van der Waals surface area contributed by atoms with Crippen LogP contribution in [0.25, 0.3) is 0 Å². The summed E-state index contributed by atoms with van der Waals surface area (Å²) in [5.41, 5.74) is 3.36. The van der Waals surface area contributed by atoms with Crippen LogP contribution in [0.5, 0.6) is 11.5 Å². The topological polar surface area (TPSA) is 48.3 Å². The van der Waals surface area contributed by atoms with Crippen molar-refractivity contribution in [3.63, 3.8) is 0 Å². The van der Waals surface area contributed by atoms with Gasteiger partial charge in [0.05, 0.1) is 18.5 Å². The van der Waals surface area contributed by atoms with E-state index in [1.54, 1.807) is 13.3 Å². The first-order chi connectivity index (χ1) is 13.7. The van der Waals surface area contributed by atoms with Gasteiger partial charge in [0.1, 0.15) is 6.61 Å². The van der Waals surface area contributed by atoms with E-state index < -0.39 is 0 Å². The second kappa shape index (κ2) is 10.2. The van der Waals surface area contributed by atoms with Crippen LogP contribution in [0, 0.1) is 6.92 Å². The second-order valence-corrected chi connectivity index (χ2v) is 7.12. The molecule has 0 saturated carbocycles. The van der Waals surface area contributed by atoms with Gasteiger partial charge in [-0.1, -0.05) is 41.4 Å². The number of halogens is 1. The number of aryl methyl sites for hydroxylation is 2. The Labute approximate surface area is 171 Å². The highest BCUT2D eigenvalue weighted by molar-refractivity contribution is 6.32. The molecule has 0 fully saturated rings. The van der Waals surface area contributed by atoms with Crippen LogP contribution >= 0.6 is 11.6 Å². The fourth-order valence-electron chi connectivity index (χ4n) is 3.01. The van der Waals surface area contributed by atoms with E-state index in [1.807, 2.05) is 36.8 Å². The molecule has 0 aliphatic heterocycles. The fraction of sp³-hybridized carbons (Fsp3) is 0.318. The zero-order valence-electron chi connectivity index (χ0n) is 16.3. The summed E-state index contributed by atoms with van der Waals surface area (Å²) in [7, 11) is 1.63. The number of ether oxygens (including phenoxy) is 2. The van der Waals surface area contributed by atoms with E-state index in [0.29, 0.717) is 23.1 Å². The minimum absolute atomic E-state index is 0.448. The minimum atomic E-state index is 0.448. The Morgan fingerprint density at radius 1 is 1.18 bits per heavy atom. The van der Waals surface area contributed by atoms with Gasteiger partial charge in [-0.25, -0.2) is 4.98 Å². The average molecular weight is 400 g/mol. The van der Waals surface area contributed by atoms with Gasteiger partial charge in [-0.05, 0) is 43.1 Å². The average Bonchev–Trinajstić information content (AvgIpc) is 3.20. The fourth-order valence-corrected chi connectivity index (χ4v) is 3.30. The maximum absolute atomic E-state index is 6.48. The van der Waals surface area contributed by atoms with Gasteiger partial charge in [-0.2, -0.15) is 0 Å². The largest absolute Gasteiger partial charge is 0.493 e. The lowest BCUT2D eigenvalue weighted by atomic mass is 10.1. The molecular weight excluding hydrogens is 374 g/mol. The van der Waals surface area contributed by atoms with Crippen LogP contribution < -0.4 is 14.8 Å². The number of nitrogens with one attached hydrogen (secondary N) is 1. The van der Waals surface area contributed by atoms with Crippen molar-refractivity contribution < 1.29 is 9.47 Å². The van der Waals surface area contributed by atoms with Crippen molar-refractivity contribution in [1.29, 1.82) is 0 Å². The van der Waals surface area contributed by atoms with E-state index in [9.17, 15) is 0 Å². The third-order valence-electron chi connectivity index (χ3n) is 4.41. The molecule has 0 aliphatic rings. The highest BCUT2D eigenvalue weighted by Gasteiger charge is 2.12. The summed E-state index contributed by atoms with van der Waals surface area (Å²) < 4.78 is 13.5. The maximum atomic E-state index is 6.48. The minimum Gasteiger partial charge on any atom is -0.493 e. The van der Waals surface area contributed by atoms with Crippen molar-refractivity contribution in [3.8, 4) is 11.5 Å². The van der Waals surface area contributed by atoms with Crippen LogP contribution in [0.3, 0.4) is 0 Å². The number of imidazole rings is 1. The molecule has 28 heavy (non-hydrogen) atoms. The van der Waals surface area contributed by atoms with E-state index in [0.717, 1.165) is 37.2 Å². The molecule has 5 nitrogen and oxygen atoms in total. The van der Waals surface area contributed by atoms with Crippen molar-refractivity contribution in [2.24, 2.45) is 0 Å². The summed E-state index contributed by atoms with van der Waals surface area (Å²) >= 11 is 6.48. The van der Waals surface area contributed by atoms with Gasteiger partial charge < -0.3 is 19.4 Å². The Morgan fingerprint density at radius 3 is 2.82 bits per heavy atom. The Morgan fingerprint density at radius 2 is 2.07 bits per heavy atom. The highest BCUT2D eigenvalue weighted by Crippen LogP contribution is 2.37. The molecule has 3 aromatic rings. The van der Waals surface area contributed by atoms with Crippen LogP contribution in [0.2, 0.25) is 5.02 Å². The Hall–Kier alpha value is -2.50. The number of rotatable bonds is 10. The van der Waals surface area contributed by atoms with E-state index in [4.69, 9.17) is 21.1 Å². The molecule has 3 rings (SSSR count). The summed E-state index contributed by atoms with van der Waals surface area (Å²) in [6, 6.07) is 12.1. The summed E-state index contributed by atoms with van der Waals surface area (Å²) in [5, 5.41) is 4.00.